The van der Waals surface area contributed by atoms with Gasteiger partial charge in [-0.1, -0.05) is 32.0 Å². The molecule has 0 fully saturated rings. The first-order valence-electron chi connectivity index (χ1n) is 10.4. The Hall–Kier alpha value is -2.71. The second-order valence-electron chi connectivity index (χ2n) is 7.93. The van der Waals surface area contributed by atoms with E-state index in [2.05, 4.69) is 15.6 Å². The molecule has 0 saturated carbocycles. The number of nitrogens with two attached hydrogens (primary N) is 2. The van der Waals surface area contributed by atoms with Crippen molar-refractivity contribution in [2.45, 2.75) is 57.7 Å². The van der Waals surface area contributed by atoms with Crippen molar-refractivity contribution in [3.63, 3.8) is 0 Å². The van der Waals surface area contributed by atoms with Gasteiger partial charge < -0.3 is 31.9 Å². The third-order valence-corrected chi connectivity index (χ3v) is 5.21. The number of carbonyl (C=O) groups is 3. The van der Waals surface area contributed by atoms with Crippen LogP contribution in [0.1, 0.15) is 38.7 Å². The molecule has 0 aliphatic heterocycles. The predicted molar refractivity (Wildman–Crippen MR) is 118 cm³/mol. The number of benzene rings is 1. The Balaban J connectivity index is 2.04. The van der Waals surface area contributed by atoms with Gasteiger partial charge in [0.25, 0.3) is 0 Å². The van der Waals surface area contributed by atoms with E-state index in [4.69, 9.17) is 11.5 Å². The molecule has 0 unspecified atom stereocenters. The van der Waals surface area contributed by atoms with Crippen LogP contribution in [-0.2, 0) is 20.8 Å². The lowest BCUT2D eigenvalue weighted by molar-refractivity contribution is -0.131. The van der Waals surface area contributed by atoms with E-state index in [1.54, 1.807) is 0 Å². The van der Waals surface area contributed by atoms with Gasteiger partial charge in [0.2, 0.25) is 11.8 Å². The minimum Gasteiger partial charge on any atom is -0.361 e. The smallest absolute Gasteiger partial charge is 0.243 e. The molecular formula is C22H33N5O3. The maximum atomic E-state index is 12.7. The first-order chi connectivity index (χ1) is 14.4. The fraction of sp³-hybridized carbons (Fsp3) is 0.500. The number of hydrogen-bond acceptors (Lipinski definition) is 5. The summed E-state index contributed by atoms with van der Waals surface area (Å²) in [6.07, 6.45) is 4.75. The summed E-state index contributed by atoms with van der Waals surface area (Å²) < 4.78 is 0. The quantitative estimate of drug-likeness (QED) is 0.259. The number of hydrogen-bond donors (Lipinski definition) is 5. The van der Waals surface area contributed by atoms with Crippen LogP contribution in [0.2, 0.25) is 0 Å². The van der Waals surface area contributed by atoms with Gasteiger partial charge in [0.1, 0.15) is 12.3 Å². The van der Waals surface area contributed by atoms with Gasteiger partial charge in [0.15, 0.2) is 0 Å². The normalized spacial score (nSPS) is 14.3. The number of para-hydroxylation sites is 1. The molecule has 0 radical (unpaired) electrons. The monoisotopic (exact) mass is 415 g/mol. The molecule has 0 aliphatic carbocycles. The van der Waals surface area contributed by atoms with Crippen LogP contribution in [0.25, 0.3) is 10.9 Å². The third kappa shape index (κ3) is 6.40. The summed E-state index contributed by atoms with van der Waals surface area (Å²) in [5.74, 6) is -0.832. The summed E-state index contributed by atoms with van der Waals surface area (Å²) in [6.45, 7) is 4.20. The Morgan fingerprint density at radius 2 is 1.87 bits per heavy atom. The Kier molecular flexibility index (Phi) is 9.01. The van der Waals surface area contributed by atoms with Gasteiger partial charge in [0.05, 0.1) is 12.1 Å². The SMILES string of the molecule is CC(C)[C@@H](C=O)NC(=O)[C@H](CCCCN)NC(=O)[C@H](N)Cc1c[nH]c2ccccc12. The highest BCUT2D eigenvalue weighted by molar-refractivity contribution is 5.91. The summed E-state index contributed by atoms with van der Waals surface area (Å²) in [4.78, 5) is 39.8. The molecule has 2 rings (SSSR count). The van der Waals surface area contributed by atoms with Crippen LogP contribution in [0.3, 0.4) is 0 Å². The Labute approximate surface area is 177 Å². The van der Waals surface area contributed by atoms with E-state index in [0.717, 1.165) is 22.9 Å². The first kappa shape index (κ1) is 23.6. The second kappa shape index (κ2) is 11.5. The molecule has 30 heavy (non-hydrogen) atoms. The van der Waals surface area contributed by atoms with Gasteiger partial charge in [-0.05, 0) is 49.8 Å². The van der Waals surface area contributed by atoms with Crippen LogP contribution >= 0.6 is 0 Å². The zero-order valence-electron chi connectivity index (χ0n) is 17.7. The zero-order valence-corrected chi connectivity index (χ0v) is 17.7. The van der Waals surface area contributed by atoms with Crippen LogP contribution in [0, 0.1) is 5.92 Å². The molecular weight excluding hydrogens is 382 g/mol. The predicted octanol–water partition coefficient (Wildman–Crippen LogP) is 0.991. The molecule has 0 spiro atoms. The number of aldehydes is 1. The molecule has 0 aliphatic rings. The van der Waals surface area contributed by atoms with Crippen molar-refractivity contribution in [1.29, 1.82) is 0 Å². The molecule has 8 nitrogen and oxygen atoms in total. The molecule has 164 valence electrons. The van der Waals surface area contributed by atoms with Crippen molar-refractivity contribution in [1.82, 2.24) is 15.6 Å². The lowest BCUT2D eigenvalue weighted by Gasteiger charge is -2.23. The standard InChI is InChI=1S/C22H33N5O3/c1-14(2)20(13-28)27-22(30)19(9-5-6-10-23)26-21(29)17(24)11-15-12-25-18-8-4-3-7-16(15)18/h3-4,7-8,12-14,17,19-20,25H,5-6,9-11,23-24H2,1-2H3,(H,26,29)(H,27,30)/t17-,19+,20-/m1/s1. The summed E-state index contributed by atoms with van der Waals surface area (Å²) >= 11 is 0. The van der Waals surface area contributed by atoms with E-state index < -0.39 is 24.0 Å². The van der Waals surface area contributed by atoms with Crippen LogP contribution in [-0.4, -0.2) is 47.8 Å². The minimum absolute atomic E-state index is 0.0454. The lowest BCUT2D eigenvalue weighted by atomic mass is 10.0. The van der Waals surface area contributed by atoms with Gasteiger partial charge in [-0.15, -0.1) is 0 Å². The third-order valence-electron chi connectivity index (χ3n) is 5.21. The number of carbonyl (C=O) groups excluding carboxylic acids is 3. The van der Waals surface area contributed by atoms with E-state index in [9.17, 15) is 14.4 Å². The zero-order chi connectivity index (χ0) is 22.1. The van der Waals surface area contributed by atoms with Gasteiger partial charge in [0, 0.05) is 17.1 Å². The van der Waals surface area contributed by atoms with E-state index in [1.165, 1.54) is 0 Å². The van der Waals surface area contributed by atoms with Crippen LogP contribution in [0.5, 0.6) is 0 Å². The molecule has 2 amide bonds. The second-order valence-corrected chi connectivity index (χ2v) is 7.93. The number of nitrogens with one attached hydrogen (secondary N) is 3. The highest BCUT2D eigenvalue weighted by Crippen LogP contribution is 2.18. The van der Waals surface area contributed by atoms with E-state index in [1.807, 2.05) is 44.3 Å². The number of H-pyrrole nitrogens is 1. The molecule has 1 heterocycles. The average molecular weight is 416 g/mol. The van der Waals surface area contributed by atoms with Crippen molar-refractivity contribution in [2.75, 3.05) is 6.54 Å². The van der Waals surface area contributed by atoms with Gasteiger partial charge >= 0.3 is 0 Å². The van der Waals surface area contributed by atoms with Gasteiger partial charge in [-0.25, -0.2) is 0 Å². The van der Waals surface area contributed by atoms with Gasteiger partial charge in [-0.2, -0.15) is 0 Å². The highest BCUT2D eigenvalue weighted by Gasteiger charge is 2.26. The molecule has 0 saturated heterocycles. The summed E-state index contributed by atoms with van der Waals surface area (Å²) in [7, 11) is 0. The Morgan fingerprint density at radius 3 is 2.53 bits per heavy atom. The number of amides is 2. The van der Waals surface area contributed by atoms with Crippen LogP contribution in [0.4, 0.5) is 0 Å². The van der Waals surface area contributed by atoms with Crippen LogP contribution in [0.15, 0.2) is 30.5 Å². The maximum Gasteiger partial charge on any atom is 0.243 e. The van der Waals surface area contributed by atoms with Crippen molar-refractivity contribution in [3.8, 4) is 0 Å². The number of fused-ring (bicyclic) bond motifs is 1. The molecule has 3 atom stereocenters. The number of aromatic nitrogens is 1. The van der Waals surface area contributed by atoms with Crippen molar-refractivity contribution < 1.29 is 14.4 Å². The molecule has 1 aromatic heterocycles. The van der Waals surface area contributed by atoms with Crippen LogP contribution < -0.4 is 22.1 Å². The molecule has 1 aromatic carbocycles. The maximum absolute atomic E-state index is 12.7. The fourth-order valence-corrected chi connectivity index (χ4v) is 3.29. The number of rotatable bonds is 12. The summed E-state index contributed by atoms with van der Waals surface area (Å²) in [6, 6.07) is 5.62. The Morgan fingerprint density at radius 1 is 1.13 bits per heavy atom. The molecule has 0 bridgehead atoms. The number of aromatic amines is 1. The molecule has 2 aromatic rings. The van der Waals surface area contributed by atoms with Gasteiger partial charge in [-0.3, -0.25) is 9.59 Å². The lowest BCUT2D eigenvalue weighted by Crippen LogP contribution is -2.54. The fourth-order valence-electron chi connectivity index (χ4n) is 3.29. The summed E-state index contributed by atoms with van der Waals surface area (Å²) in [5.41, 5.74) is 13.6. The average Bonchev–Trinajstić information content (AvgIpc) is 3.13. The van der Waals surface area contributed by atoms with E-state index in [-0.39, 0.29) is 11.8 Å². The Bertz CT molecular complexity index is 848. The number of unbranched alkanes of at least 4 members (excludes halogenated alkanes) is 1. The first-order valence-corrected chi connectivity index (χ1v) is 10.4. The highest BCUT2D eigenvalue weighted by atomic mass is 16.2. The summed E-state index contributed by atoms with van der Waals surface area (Å²) in [5, 5.41) is 6.49. The van der Waals surface area contributed by atoms with Crippen molar-refractivity contribution in [3.05, 3.63) is 36.0 Å². The molecule has 8 heteroatoms. The van der Waals surface area contributed by atoms with E-state index in [0.29, 0.717) is 32.1 Å². The van der Waals surface area contributed by atoms with Crippen molar-refractivity contribution in [2.24, 2.45) is 17.4 Å². The van der Waals surface area contributed by atoms with E-state index >= 15 is 0 Å². The molecule has 7 N–H and O–H groups in total. The van der Waals surface area contributed by atoms with Crippen molar-refractivity contribution >= 4 is 29.0 Å². The minimum atomic E-state index is -0.805. The topological polar surface area (TPSA) is 143 Å². The largest absolute Gasteiger partial charge is 0.361 e.